The molecule has 2 atom stereocenters. The molecule has 41 heavy (non-hydrogen) atoms. The minimum atomic E-state index is -4.31. The Hall–Kier alpha value is -3.14. The third-order valence-electron chi connectivity index (χ3n) is 6.78. The summed E-state index contributed by atoms with van der Waals surface area (Å²) in [6.45, 7) is 6.65. The van der Waals surface area contributed by atoms with E-state index in [-0.39, 0.29) is 35.5 Å². The maximum Gasteiger partial charge on any atom is 0.264 e. The van der Waals surface area contributed by atoms with Crippen LogP contribution in [0.4, 0.5) is 10.1 Å². The third kappa shape index (κ3) is 7.99. The number of aryl methyl sites for hydroxylation is 1. The number of halogens is 3. The largest absolute Gasteiger partial charge is 0.352 e. The molecule has 0 spiro atoms. The quantitative estimate of drug-likeness (QED) is 0.255. The van der Waals surface area contributed by atoms with E-state index in [0.717, 1.165) is 34.1 Å². The number of nitrogens with zero attached hydrogens (tertiary/aromatic N) is 2. The molecule has 11 heteroatoms. The summed E-state index contributed by atoms with van der Waals surface area (Å²) >= 11 is 12.9. The molecule has 0 radical (unpaired) electrons. The van der Waals surface area contributed by atoms with Crippen molar-refractivity contribution in [1.29, 1.82) is 0 Å². The molecule has 2 amide bonds. The van der Waals surface area contributed by atoms with E-state index in [1.807, 2.05) is 20.8 Å². The summed E-state index contributed by atoms with van der Waals surface area (Å²) in [5.41, 5.74) is 1.56. The van der Waals surface area contributed by atoms with Crippen LogP contribution in [0.15, 0.2) is 71.6 Å². The van der Waals surface area contributed by atoms with E-state index in [1.165, 1.54) is 4.90 Å². The van der Waals surface area contributed by atoms with Gasteiger partial charge in [0.25, 0.3) is 10.0 Å². The standard InChI is InChI=1S/C30H34Cl2FN3O4S/c1-5-21(4)34-30(38)28(6-2)35(18-25-26(31)8-7-9-27(25)32)29(37)19-36(23-14-10-20(3)11-15-23)41(39,40)24-16-12-22(33)13-17-24/h7-17,21,28H,5-6,18-19H2,1-4H3,(H,34,38). The number of carbonyl (C=O) groups excluding carboxylic acids is 2. The number of anilines is 1. The number of hydrogen-bond acceptors (Lipinski definition) is 4. The van der Waals surface area contributed by atoms with Crippen LogP contribution in [0.2, 0.25) is 10.0 Å². The van der Waals surface area contributed by atoms with Crippen molar-refractivity contribution >= 4 is 50.7 Å². The average Bonchev–Trinajstić information content (AvgIpc) is 2.93. The number of amides is 2. The predicted octanol–water partition coefficient (Wildman–Crippen LogP) is 6.36. The molecule has 3 aromatic carbocycles. The highest BCUT2D eigenvalue weighted by Gasteiger charge is 2.34. The van der Waals surface area contributed by atoms with Gasteiger partial charge in [-0.25, -0.2) is 12.8 Å². The monoisotopic (exact) mass is 621 g/mol. The van der Waals surface area contributed by atoms with Crippen LogP contribution in [0.5, 0.6) is 0 Å². The van der Waals surface area contributed by atoms with Crippen LogP contribution < -0.4 is 9.62 Å². The van der Waals surface area contributed by atoms with Crippen molar-refractivity contribution < 1.29 is 22.4 Å². The van der Waals surface area contributed by atoms with Crippen LogP contribution in [0, 0.1) is 12.7 Å². The molecule has 1 N–H and O–H groups in total. The number of hydrogen-bond donors (Lipinski definition) is 1. The summed E-state index contributed by atoms with van der Waals surface area (Å²) < 4.78 is 42.2. The molecular weight excluding hydrogens is 588 g/mol. The van der Waals surface area contributed by atoms with Crippen molar-refractivity contribution in [1.82, 2.24) is 10.2 Å². The lowest BCUT2D eigenvalue weighted by molar-refractivity contribution is -0.140. The number of nitrogens with one attached hydrogen (secondary N) is 1. The molecule has 0 aliphatic carbocycles. The molecule has 220 valence electrons. The Balaban J connectivity index is 2.09. The third-order valence-corrected chi connectivity index (χ3v) is 9.28. The van der Waals surface area contributed by atoms with Gasteiger partial charge in [-0.05, 0) is 75.2 Å². The van der Waals surface area contributed by atoms with Crippen LogP contribution in [0.1, 0.15) is 44.7 Å². The van der Waals surface area contributed by atoms with Crippen molar-refractivity contribution in [2.24, 2.45) is 0 Å². The topological polar surface area (TPSA) is 86.8 Å². The molecule has 7 nitrogen and oxygen atoms in total. The zero-order valence-electron chi connectivity index (χ0n) is 23.4. The first kappa shape index (κ1) is 32.4. The van der Waals surface area contributed by atoms with Crippen molar-refractivity contribution in [2.75, 3.05) is 10.8 Å². The molecule has 3 aromatic rings. The molecule has 3 rings (SSSR count). The second kappa shape index (κ2) is 14.2. The molecule has 2 unspecified atom stereocenters. The highest BCUT2D eigenvalue weighted by atomic mass is 35.5. The molecule has 0 saturated heterocycles. The number of rotatable bonds is 12. The lowest BCUT2D eigenvalue weighted by atomic mass is 10.1. The molecule has 0 aliphatic rings. The Labute approximate surface area is 251 Å². The van der Waals surface area contributed by atoms with Crippen molar-refractivity contribution in [3.05, 3.63) is 93.7 Å². The van der Waals surface area contributed by atoms with Gasteiger partial charge in [-0.15, -0.1) is 0 Å². The van der Waals surface area contributed by atoms with Gasteiger partial charge in [0, 0.05) is 28.2 Å². The Morgan fingerprint density at radius 1 is 0.927 bits per heavy atom. The normalized spacial score (nSPS) is 12.9. The van der Waals surface area contributed by atoms with Gasteiger partial charge in [0.1, 0.15) is 18.4 Å². The second-order valence-corrected chi connectivity index (χ2v) is 12.4. The number of benzene rings is 3. The number of sulfonamides is 1. The summed E-state index contributed by atoms with van der Waals surface area (Å²) in [5, 5.41) is 3.53. The Bertz CT molecular complexity index is 1450. The van der Waals surface area contributed by atoms with E-state index >= 15 is 0 Å². The maximum absolute atomic E-state index is 14.1. The lowest BCUT2D eigenvalue weighted by Crippen LogP contribution is -2.53. The fraction of sp³-hybridized carbons (Fsp3) is 0.333. The molecule has 0 bridgehead atoms. The fourth-order valence-corrected chi connectivity index (χ4v) is 6.12. The summed E-state index contributed by atoms with van der Waals surface area (Å²) in [5.74, 6) is -1.61. The summed E-state index contributed by atoms with van der Waals surface area (Å²) in [4.78, 5) is 28.6. The zero-order valence-corrected chi connectivity index (χ0v) is 25.7. The molecule has 0 fully saturated rings. The first-order valence-corrected chi connectivity index (χ1v) is 15.5. The van der Waals surface area contributed by atoms with Crippen LogP contribution in [-0.2, 0) is 26.2 Å². The smallest absolute Gasteiger partial charge is 0.264 e. The van der Waals surface area contributed by atoms with E-state index in [9.17, 15) is 22.4 Å². The zero-order chi connectivity index (χ0) is 30.3. The average molecular weight is 623 g/mol. The van der Waals surface area contributed by atoms with E-state index < -0.39 is 34.3 Å². The van der Waals surface area contributed by atoms with Gasteiger partial charge >= 0.3 is 0 Å². The van der Waals surface area contributed by atoms with Gasteiger partial charge in [0.15, 0.2) is 0 Å². The summed E-state index contributed by atoms with van der Waals surface area (Å²) in [6, 6.07) is 14.9. The Morgan fingerprint density at radius 3 is 2.05 bits per heavy atom. The van der Waals surface area contributed by atoms with E-state index in [2.05, 4.69) is 5.32 Å². The SMILES string of the molecule is CCC(C)NC(=O)C(CC)N(Cc1c(Cl)cccc1Cl)C(=O)CN(c1ccc(C)cc1)S(=O)(=O)c1ccc(F)cc1. The van der Waals surface area contributed by atoms with Gasteiger partial charge in [-0.1, -0.05) is 60.8 Å². The second-order valence-electron chi connectivity index (χ2n) is 9.76. The summed E-state index contributed by atoms with van der Waals surface area (Å²) in [7, 11) is -4.31. The first-order chi connectivity index (χ1) is 19.4. The Kier molecular flexibility index (Phi) is 11.2. The minimum Gasteiger partial charge on any atom is -0.352 e. The molecule has 0 heterocycles. The molecule has 0 aliphatic heterocycles. The van der Waals surface area contributed by atoms with Crippen molar-refractivity contribution in [3.8, 4) is 0 Å². The lowest BCUT2D eigenvalue weighted by Gasteiger charge is -2.34. The maximum atomic E-state index is 14.1. The molecule has 0 saturated carbocycles. The van der Waals surface area contributed by atoms with Crippen molar-refractivity contribution in [3.63, 3.8) is 0 Å². The van der Waals surface area contributed by atoms with E-state index in [1.54, 1.807) is 49.4 Å². The van der Waals surface area contributed by atoms with Crippen LogP contribution >= 0.6 is 23.2 Å². The highest BCUT2D eigenvalue weighted by molar-refractivity contribution is 7.92. The van der Waals surface area contributed by atoms with Crippen LogP contribution in [0.3, 0.4) is 0 Å². The van der Waals surface area contributed by atoms with Gasteiger partial charge < -0.3 is 10.2 Å². The minimum absolute atomic E-state index is 0.123. The number of carbonyl (C=O) groups is 2. The fourth-order valence-electron chi connectivity index (χ4n) is 4.19. The van der Waals surface area contributed by atoms with Crippen LogP contribution in [-0.4, -0.2) is 43.8 Å². The highest BCUT2D eigenvalue weighted by Crippen LogP contribution is 2.29. The van der Waals surface area contributed by atoms with Crippen molar-refractivity contribution in [2.45, 2.75) is 64.1 Å². The molecular formula is C30H34Cl2FN3O4S. The van der Waals surface area contributed by atoms with Gasteiger partial charge in [-0.2, -0.15) is 0 Å². The van der Waals surface area contributed by atoms with E-state index in [4.69, 9.17) is 23.2 Å². The molecule has 0 aromatic heterocycles. The Morgan fingerprint density at radius 2 is 1.51 bits per heavy atom. The van der Waals surface area contributed by atoms with Gasteiger partial charge in [0.2, 0.25) is 11.8 Å². The predicted molar refractivity (Wildman–Crippen MR) is 161 cm³/mol. The van der Waals surface area contributed by atoms with Gasteiger partial charge in [0.05, 0.1) is 10.6 Å². The van der Waals surface area contributed by atoms with Crippen LogP contribution in [0.25, 0.3) is 0 Å². The first-order valence-electron chi connectivity index (χ1n) is 13.3. The summed E-state index contributed by atoms with van der Waals surface area (Å²) in [6.07, 6.45) is 0.939. The van der Waals surface area contributed by atoms with Gasteiger partial charge in [-0.3, -0.25) is 13.9 Å². The van der Waals surface area contributed by atoms with E-state index in [0.29, 0.717) is 22.0 Å².